The van der Waals surface area contributed by atoms with Crippen molar-refractivity contribution >= 4 is 11.0 Å². The number of likely N-dealkylation sites (N-methyl/N-ethyl adjacent to an activating group) is 1. The average molecular weight is 233 g/mol. The van der Waals surface area contributed by atoms with Gasteiger partial charge in [0.15, 0.2) is 0 Å². The van der Waals surface area contributed by atoms with Crippen molar-refractivity contribution in [2.45, 2.75) is 12.2 Å². The molecule has 1 aromatic carbocycles. The zero-order valence-corrected chi connectivity index (χ0v) is 9.54. The Morgan fingerprint density at radius 2 is 1.94 bits per heavy atom. The van der Waals surface area contributed by atoms with Crippen LogP contribution in [0.1, 0.15) is 11.8 Å². The third kappa shape index (κ3) is 2.58. The highest BCUT2D eigenvalue weighted by molar-refractivity contribution is 5.73. The maximum atomic E-state index is 9.89. The molecule has 3 N–H and O–H groups in total. The fraction of sp³-hybridized carbons (Fsp3) is 0.333. The lowest BCUT2D eigenvalue weighted by Crippen LogP contribution is -2.30. The molecule has 17 heavy (non-hydrogen) atoms. The van der Waals surface area contributed by atoms with Crippen molar-refractivity contribution in [3.8, 4) is 0 Å². The monoisotopic (exact) mass is 233 g/mol. The van der Waals surface area contributed by atoms with Crippen molar-refractivity contribution < 1.29 is 10.2 Å². The molecule has 2 aromatic rings. The Labute approximate surface area is 99.2 Å². The number of benzene rings is 1. The van der Waals surface area contributed by atoms with Gasteiger partial charge in [0.1, 0.15) is 6.10 Å². The first kappa shape index (κ1) is 11.9. The Kier molecular flexibility index (Phi) is 3.63. The van der Waals surface area contributed by atoms with Crippen molar-refractivity contribution in [2.24, 2.45) is 0 Å². The van der Waals surface area contributed by atoms with E-state index in [1.165, 1.54) is 6.20 Å². The lowest BCUT2D eigenvalue weighted by molar-refractivity contribution is 0.0176. The number of para-hydroxylation sites is 2. The number of fused-ring (bicyclic) bond motifs is 1. The number of aliphatic hydroxyl groups excluding tert-OH is 2. The van der Waals surface area contributed by atoms with Gasteiger partial charge < -0.3 is 15.5 Å². The van der Waals surface area contributed by atoms with Crippen LogP contribution in [0, 0.1) is 0 Å². The quantitative estimate of drug-likeness (QED) is 0.705. The van der Waals surface area contributed by atoms with Gasteiger partial charge >= 0.3 is 0 Å². The second-order valence-electron chi connectivity index (χ2n) is 3.85. The van der Waals surface area contributed by atoms with Crippen LogP contribution in [0.25, 0.3) is 11.0 Å². The molecule has 2 atom stereocenters. The van der Waals surface area contributed by atoms with Crippen LogP contribution in [0.3, 0.4) is 0 Å². The zero-order valence-electron chi connectivity index (χ0n) is 9.54. The van der Waals surface area contributed by atoms with E-state index < -0.39 is 12.2 Å². The molecule has 2 rings (SSSR count). The SMILES string of the molecule is CNCC(O)C(O)c1cnc2ccccc2n1. The fourth-order valence-electron chi connectivity index (χ4n) is 1.63. The molecule has 90 valence electrons. The van der Waals surface area contributed by atoms with Crippen LogP contribution in [0.2, 0.25) is 0 Å². The molecule has 0 radical (unpaired) electrons. The number of nitrogens with one attached hydrogen (secondary N) is 1. The molecule has 0 aliphatic carbocycles. The van der Waals surface area contributed by atoms with Gasteiger partial charge in [0, 0.05) is 6.54 Å². The molecule has 0 bridgehead atoms. The summed E-state index contributed by atoms with van der Waals surface area (Å²) in [4.78, 5) is 8.47. The minimum Gasteiger partial charge on any atom is -0.389 e. The Hall–Kier alpha value is -1.56. The van der Waals surface area contributed by atoms with E-state index in [1.807, 2.05) is 24.3 Å². The first-order valence-corrected chi connectivity index (χ1v) is 5.45. The highest BCUT2D eigenvalue weighted by atomic mass is 16.3. The molecule has 5 heteroatoms. The first-order valence-electron chi connectivity index (χ1n) is 5.45. The van der Waals surface area contributed by atoms with Crippen molar-refractivity contribution in [3.63, 3.8) is 0 Å². The van der Waals surface area contributed by atoms with Crippen LogP contribution >= 0.6 is 0 Å². The molecular formula is C12H15N3O2. The van der Waals surface area contributed by atoms with Gasteiger partial charge in [-0.3, -0.25) is 4.98 Å². The van der Waals surface area contributed by atoms with Crippen LogP contribution in [0.4, 0.5) is 0 Å². The van der Waals surface area contributed by atoms with Crippen molar-refractivity contribution in [3.05, 3.63) is 36.2 Å². The topological polar surface area (TPSA) is 78.3 Å². The summed E-state index contributed by atoms with van der Waals surface area (Å²) in [5.41, 5.74) is 1.86. The minimum absolute atomic E-state index is 0.301. The van der Waals surface area contributed by atoms with Gasteiger partial charge in [-0.15, -0.1) is 0 Å². The molecule has 0 spiro atoms. The third-order valence-corrected chi connectivity index (χ3v) is 2.55. The molecule has 0 aliphatic rings. The summed E-state index contributed by atoms with van der Waals surface area (Å²) in [7, 11) is 1.71. The normalized spacial score (nSPS) is 14.8. The molecule has 0 saturated carbocycles. The molecule has 0 aliphatic heterocycles. The number of aliphatic hydroxyl groups is 2. The number of nitrogens with zero attached hydrogens (tertiary/aromatic N) is 2. The van der Waals surface area contributed by atoms with Crippen LogP contribution in [0.5, 0.6) is 0 Å². The first-order chi connectivity index (χ1) is 8.22. The highest BCUT2D eigenvalue weighted by Crippen LogP contribution is 2.16. The van der Waals surface area contributed by atoms with Gasteiger partial charge in [-0.2, -0.15) is 0 Å². The summed E-state index contributed by atoms with van der Waals surface area (Å²) >= 11 is 0. The van der Waals surface area contributed by atoms with E-state index >= 15 is 0 Å². The third-order valence-electron chi connectivity index (χ3n) is 2.55. The van der Waals surface area contributed by atoms with Crippen molar-refractivity contribution in [1.82, 2.24) is 15.3 Å². The molecule has 5 nitrogen and oxygen atoms in total. The van der Waals surface area contributed by atoms with Crippen LogP contribution in [-0.4, -0.2) is 39.9 Å². The molecule has 0 amide bonds. The predicted octanol–water partition coefficient (Wildman–Crippen LogP) is 0.243. The van der Waals surface area contributed by atoms with E-state index in [-0.39, 0.29) is 0 Å². The van der Waals surface area contributed by atoms with E-state index in [0.717, 1.165) is 5.52 Å². The molecule has 0 saturated heterocycles. The number of aromatic nitrogens is 2. The summed E-state index contributed by atoms with van der Waals surface area (Å²) in [6.07, 6.45) is -0.429. The van der Waals surface area contributed by atoms with Gasteiger partial charge in [-0.1, -0.05) is 12.1 Å². The second kappa shape index (κ2) is 5.18. The lowest BCUT2D eigenvalue weighted by Gasteiger charge is -2.16. The zero-order chi connectivity index (χ0) is 12.3. The number of hydrogen-bond donors (Lipinski definition) is 3. The van der Waals surface area contributed by atoms with Crippen molar-refractivity contribution in [1.29, 1.82) is 0 Å². The van der Waals surface area contributed by atoms with Gasteiger partial charge in [-0.25, -0.2) is 4.98 Å². The van der Waals surface area contributed by atoms with Gasteiger partial charge in [0.25, 0.3) is 0 Å². The Balaban J connectivity index is 2.29. The standard InChI is InChI=1S/C12H15N3O2/c1-13-7-11(16)12(17)10-6-14-8-4-2-3-5-9(8)15-10/h2-6,11-13,16-17H,7H2,1H3. The summed E-state index contributed by atoms with van der Waals surface area (Å²) in [5, 5.41) is 22.3. The van der Waals surface area contributed by atoms with Crippen LogP contribution in [-0.2, 0) is 0 Å². The highest BCUT2D eigenvalue weighted by Gasteiger charge is 2.19. The maximum absolute atomic E-state index is 9.89. The van der Waals surface area contributed by atoms with Gasteiger partial charge in [0.2, 0.25) is 0 Å². The Morgan fingerprint density at radius 3 is 2.65 bits per heavy atom. The van der Waals surface area contributed by atoms with Crippen LogP contribution in [0.15, 0.2) is 30.5 Å². The molecule has 1 aromatic heterocycles. The Morgan fingerprint density at radius 1 is 1.24 bits per heavy atom. The molecule has 1 heterocycles. The summed E-state index contributed by atoms with van der Waals surface area (Å²) in [6, 6.07) is 7.41. The lowest BCUT2D eigenvalue weighted by atomic mass is 10.1. The molecule has 0 fully saturated rings. The van der Waals surface area contributed by atoms with E-state index in [1.54, 1.807) is 7.05 Å². The second-order valence-corrected chi connectivity index (χ2v) is 3.85. The summed E-state index contributed by atoms with van der Waals surface area (Å²) < 4.78 is 0. The largest absolute Gasteiger partial charge is 0.389 e. The van der Waals surface area contributed by atoms with E-state index in [0.29, 0.717) is 17.8 Å². The van der Waals surface area contributed by atoms with Crippen LogP contribution < -0.4 is 5.32 Å². The Bertz CT molecular complexity index is 504. The number of hydrogen-bond acceptors (Lipinski definition) is 5. The predicted molar refractivity (Wildman–Crippen MR) is 64.4 cm³/mol. The smallest absolute Gasteiger partial charge is 0.125 e. The van der Waals surface area contributed by atoms with E-state index in [9.17, 15) is 10.2 Å². The fourth-order valence-corrected chi connectivity index (χ4v) is 1.63. The maximum Gasteiger partial charge on any atom is 0.125 e. The van der Waals surface area contributed by atoms with Crippen molar-refractivity contribution in [2.75, 3.05) is 13.6 Å². The molecular weight excluding hydrogens is 218 g/mol. The summed E-state index contributed by atoms with van der Waals surface area (Å²) in [6.45, 7) is 0.301. The van der Waals surface area contributed by atoms with Gasteiger partial charge in [0.05, 0.1) is 29.0 Å². The number of rotatable bonds is 4. The molecule has 2 unspecified atom stereocenters. The average Bonchev–Trinajstić information content (AvgIpc) is 2.37. The van der Waals surface area contributed by atoms with E-state index in [2.05, 4.69) is 15.3 Å². The van der Waals surface area contributed by atoms with E-state index in [4.69, 9.17) is 0 Å². The van der Waals surface area contributed by atoms with Gasteiger partial charge in [-0.05, 0) is 19.2 Å². The summed E-state index contributed by atoms with van der Waals surface area (Å²) in [5.74, 6) is 0. The minimum atomic E-state index is -1.03.